The number of hydrogen-bond donors (Lipinski definition) is 1. The average molecular weight is 289 g/mol. The van der Waals surface area contributed by atoms with Crippen LogP contribution in [-0.4, -0.2) is 54.7 Å². The molecule has 1 rings (SSSR count). The fourth-order valence-corrected chi connectivity index (χ4v) is 2.48. The third-order valence-corrected chi connectivity index (χ3v) is 3.29. The van der Waals surface area contributed by atoms with Crippen molar-refractivity contribution < 1.29 is 14.6 Å². The standard InChI is InChI=1S/C12H25NO3.C4H10/c1-4-15-9-16-12-7-10(2)13(5-6-14)11(3)8-12;1-4(2)3/h10-12,14H,4-9H2,1-3H3;4H,1-3H3/t10-,11+,12?;. The van der Waals surface area contributed by atoms with Gasteiger partial charge >= 0.3 is 0 Å². The molecule has 0 spiro atoms. The highest BCUT2D eigenvalue weighted by molar-refractivity contribution is 4.84. The number of aliphatic hydroxyl groups excluding tert-OH is 1. The average Bonchev–Trinajstić information content (AvgIpc) is 2.33. The summed E-state index contributed by atoms with van der Waals surface area (Å²) < 4.78 is 10.9. The van der Waals surface area contributed by atoms with Crippen molar-refractivity contribution in [3.05, 3.63) is 0 Å². The first-order valence-electron chi connectivity index (χ1n) is 7.98. The fraction of sp³-hybridized carbons (Fsp3) is 1.00. The van der Waals surface area contributed by atoms with Crippen molar-refractivity contribution in [2.45, 2.75) is 72.6 Å². The Morgan fingerprint density at radius 3 is 2.05 bits per heavy atom. The predicted molar refractivity (Wildman–Crippen MR) is 83.8 cm³/mol. The highest BCUT2D eigenvalue weighted by Crippen LogP contribution is 2.24. The van der Waals surface area contributed by atoms with Crippen molar-refractivity contribution in [1.82, 2.24) is 4.90 Å². The van der Waals surface area contributed by atoms with Gasteiger partial charge in [-0.25, -0.2) is 0 Å². The van der Waals surface area contributed by atoms with Gasteiger partial charge in [0.1, 0.15) is 6.79 Å². The molecule has 0 aromatic carbocycles. The summed E-state index contributed by atoms with van der Waals surface area (Å²) >= 11 is 0. The molecule has 20 heavy (non-hydrogen) atoms. The van der Waals surface area contributed by atoms with Crippen LogP contribution in [0, 0.1) is 5.92 Å². The van der Waals surface area contributed by atoms with Gasteiger partial charge in [0, 0.05) is 25.2 Å². The predicted octanol–water partition coefficient (Wildman–Crippen LogP) is 2.89. The van der Waals surface area contributed by atoms with Gasteiger partial charge in [-0.15, -0.1) is 0 Å². The van der Waals surface area contributed by atoms with Gasteiger partial charge in [-0.1, -0.05) is 20.8 Å². The Bertz CT molecular complexity index is 209. The Labute approximate surface area is 125 Å². The van der Waals surface area contributed by atoms with Crippen LogP contribution in [-0.2, 0) is 9.47 Å². The van der Waals surface area contributed by atoms with Crippen LogP contribution in [0.4, 0.5) is 0 Å². The van der Waals surface area contributed by atoms with Gasteiger partial charge in [-0.2, -0.15) is 0 Å². The van der Waals surface area contributed by atoms with E-state index in [0.717, 1.165) is 25.3 Å². The molecule has 1 fully saturated rings. The van der Waals surface area contributed by atoms with Gasteiger partial charge in [-0.3, -0.25) is 4.90 Å². The lowest BCUT2D eigenvalue weighted by molar-refractivity contribution is -0.116. The molecule has 1 heterocycles. The van der Waals surface area contributed by atoms with Crippen molar-refractivity contribution >= 4 is 0 Å². The molecule has 1 aliphatic rings. The lowest BCUT2D eigenvalue weighted by Crippen LogP contribution is -2.49. The van der Waals surface area contributed by atoms with Crippen molar-refractivity contribution in [3.63, 3.8) is 0 Å². The second kappa shape index (κ2) is 11.5. The van der Waals surface area contributed by atoms with Gasteiger partial charge in [0.15, 0.2) is 0 Å². The van der Waals surface area contributed by atoms with Crippen LogP contribution < -0.4 is 0 Å². The largest absolute Gasteiger partial charge is 0.395 e. The molecule has 122 valence electrons. The summed E-state index contributed by atoms with van der Waals surface area (Å²) in [5.74, 6) is 0.833. The second-order valence-corrected chi connectivity index (χ2v) is 6.26. The third kappa shape index (κ3) is 8.90. The maximum atomic E-state index is 9.00. The topological polar surface area (TPSA) is 41.9 Å². The molecule has 0 aromatic heterocycles. The molecular formula is C16H35NO3. The molecule has 4 heteroatoms. The number of hydrogen-bond acceptors (Lipinski definition) is 4. The first-order valence-corrected chi connectivity index (χ1v) is 7.98. The van der Waals surface area contributed by atoms with Crippen LogP contribution in [0.2, 0.25) is 0 Å². The summed E-state index contributed by atoms with van der Waals surface area (Å²) in [6.07, 6.45) is 2.35. The van der Waals surface area contributed by atoms with E-state index in [-0.39, 0.29) is 6.61 Å². The van der Waals surface area contributed by atoms with Crippen LogP contribution in [0.5, 0.6) is 0 Å². The summed E-state index contributed by atoms with van der Waals surface area (Å²) in [6.45, 7) is 15.0. The fourth-order valence-electron chi connectivity index (χ4n) is 2.48. The summed E-state index contributed by atoms with van der Waals surface area (Å²) in [4.78, 5) is 2.35. The van der Waals surface area contributed by atoms with Crippen LogP contribution in [0.1, 0.15) is 54.4 Å². The number of ether oxygens (including phenoxy) is 2. The molecule has 3 atom stereocenters. The van der Waals surface area contributed by atoms with E-state index in [2.05, 4.69) is 39.5 Å². The molecule has 1 N–H and O–H groups in total. The summed E-state index contributed by atoms with van der Waals surface area (Å²) in [5, 5.41) is 9.00. The number of nitrogens with zero attached hydrogens (tertiary/aromatic N) is 1. The minimum atomic E-state index is 0.235. The number of aliphatic hydroxyl groups is 1. The number of β-amino-alcohol motifs (C(OH)–C–C–N with tert-alkyl or cyclic N) is 1. The minimum absolute atomic E-state index is 0.235. The van der Waals surface area contributed by atoms with Gasteiger partial charge < -0.3 is 14.6 Å². The molecule has 0 saturated carbocycles. The van der Waals surface area contributed by atoms with Crippen molar-refractivity contribution in [1.29, 1.82) is 0 Å². The zero-order valence-corrected chi connectivity index (χ0v) is 14.3. The Hall–Kier alpha value is -0.160. The van der Waals surface area contributed by atoms with Crippen LogP contribution in [0.25, 0.3) is 0 Å². The Kier molecular flexibility index (Phi) is 11.4. The van der Waals surface area contributed by atoms with E-state index in [1.165, 1.54) is 0 Å². The van der Waals surface area contributed by atoms with Crippen LogP contribution in [0.15, 0.2) is 0 Å². The van der Waals surface area contributed by atoms with Crippen molar-refractivity contribution in [2.24, 2.45) is 5.92 Å². The highest BCUT2D eigenvalue weighted by atomic mass is 16.7. The Morgan fingerprint density at radius 2 is 1.65 bits per heavy atom. The molecule has 0 amide bonds. The molecule has 4 nitrogen and oxygen atoms in total. The van der Waals surface area contributed by atoms with E-state index in [1.807, 2.05) is 6.92 Å². The zero-order valence-electron chi connectivity index (χ0n) is 14.3. The third-order valence-electron chi connectivity index (χ3n) is 3.29. The van der Waals surface area contributed by atoms with E-state index in [1.54, 1.807) is 0 Å². The summed E-state index contributed by atoms with van der Waals surface area (Å²) in [5.41, 5.74) is 0. The molecule has 0 aromatic rings. The summed E-state index contributed by atoms with van der Waals surface area (Å²) in [6, 6.07) is 0.949. The van der Waals surface area contributed by atoms with Gasteiger partial charge in [0.25, 0.3) is 0 Å². The van der Waals surface area contributed by atoms with E-state index >= 15 is 0 Å². The minimum Gasteiger partial charge on any atom is -0.395 e. The molecule has 0 bridgehead atoms. The van der Waals surface area contributed by atoms with E-state index in [0.29, 0.717) is 31.6 Å². The maximum Gasteiger partial charge on any atom is 0.147 e. The Balaban J connectivity index is 0.000000796. The number of piperidine rings is 1. The van der Waals surface area contributed by atoms with Crippen LogP contribution >= 0.6 is 0 Å². The Morgan fingerprint density at radius 1 is 1.15 bits per heavy atom. The molecular weight excluding hydrogens is 254 g/mol. The quantitative estimate of drug-likeness (QED) is 0.603. The van der Waals surface area contributed by atoms with Gasteiger partial charge in [-0.05, 0) is 39.5 Å². The lowest BCUT2D eigenvalue weighted by atomic mass is 9.95. The molecule has 1 aliphatic heterocycles. The first-order chi connectivity index (χ1) is 9.42. The van der Waals surface area contributed by atoms with Crippen molar-refractivity contribution in [3.8, 4) is 0 Å². The zero-order chi connectivity index (χ0) is 15.5. The molecule has 0 aliphatic carbocycles. The second-order valence-electron chi connectivity index (χ2n) is 6.26. The van der Waals surface area contributed by atoms with Gasteiger partial charge in [0.05, 0.1) is 12.7 Å². The number of rotatable bonds is 6. The first kappa shape index (κ1) is 19.8. The van der Waals surface area contributed by atoms with E-state index in [9.17, 15) is 0 Å². The highest BCUT2D eigenvalue weighted by Gasteiger charge is 2.30. The lowest BCUT2D eigenvalue weighted by Gasteiger charge is -2.42. The van der Waals surface area contributed by atoms with Crippen LogP contribution in [0.3, 0.4) is 0 Å². The SMILES string of the molecule is CC(C)C.CCOCOC1C[C@@H](C)N(CCO)[C@@H](C)C1. The summed E-state index contributed by atoms with van der Waals surface area (Å²) in [7, 11) is 0. The molecule has 1 unspecified atom stereocenters. The number of likely N-dealkylation sites (tertiary alicyclic amines) is 1. The monoisotopic (exact) mass is 289 g/mol. The van der Waals surface area contributed by atoms with Gasteiger partial charge in [0.2, 0.25) is 0 Å². The molecule has 0 radical (unpaired) electrons. The molecule has 1 saturated heterocycles. The normalized spacial score (nSPS) is 27.3. The van der Waals surface area contributed by atoms with Crippen molar-refractivity contribution in [2.75, 3.05) is 26.6 Å². The van der Waals surface area contributed by atoms with E-state index in [4.69, 9.17) is 14.6 Å². The smallest absolute Gasteiger partial charge is 0.147 e. The van der Waals surface area contributed by atoms with E-state index < -0.39 is 0 Å². The maximum absolute atomic E-state index is 9.00.